The van der Waals surface area contributed by atoms with Crippen LogP contribution in [0.1, 0.15) is 11.1 Å². The average molecular weight is 527 g/mol. The summed E-state index contributed by atoms with van der Waals surface area (Å²) in [5, 5.41) is 7.44. The number of ether oxygens (including phenoxy) is 2. The lowest BCUT2D eigenvalue weighted by molar-refractivity contribution is 0.143. The first kappa shape index (κ1) is 23.9. The fourth-order valence-electron chi connectivity index (χ4n) is 2.91. The Morgan fingerprint density at radius 2 is 2.07 bits per heavy atom. The summed E-state index contributed by atoms with van der Waals surface area (Å²) < 4.78 is 23.9. The van der Waals surface area contributed by atoms with Crippen molar-refractivity contribution in [3.05, 3.63) is 59.7 Å². The highest BCUT2D eigenvalue weighted by molar-refractivity contribution is 14.0. The molecule has 0 amide bonds. The Hall–Kier alpha value is -2.40. The van der Waals surface area contributed by atoms with Crippen molar-refractivity contribution in [2.24, 2.45) is 4.99 Å². The van der Waals surface area contributed by atoms with Gasteiger partial charge in [0, 0.05) is 56.6 Å². The number of hydrogen-bond donors (Lipinski definition) is 3. The van der Waals surface area contributed by atoms with Crippen molar-refractivity contribution in [1.29, 1.82) is 0 Å². The SMILES string of the molecule is CN=C(NCCc1c[nH]c2ccc(F)cc12)NCc1ccc(OCCOC)nc1.I. The van der Waals surface area contributed by atoms with Gasteiger partial charge >= 0.3 is 0 Å². The van der Waals surface area contributed by atoms with Gasteiger partial charge in [0.15, 0.2) is 5.96 Å². The maximum absolute atomic E-state index is 13.5. The zero-order valence-corrected chi connectivity index (χ0v) is 19.4. The highest BCUT2D eigenvalue weighted by Gasteiger charge is 2.06. The molecule has 0 spiro atoms. The Balaban J connectivity index is 0.00000320. The van der Waals surface area contributed by atoms with Crippen LogP contribution in [0.5, 0.6) is 5.88 Å². The first-order valence-electron chi connectivity index (χ1n) is 9.46. The van der Waals surface area contributed by atoms with E-state index in [1.165, 1.54) is 6.07 Å². The maximum atomic E-state index is 13.5. The van der Waals surface area contributed by atoms with Gasteiger partial charge in [0.1, 0.15) is 12.4 Å². The maximum Gasteiger partial charge on any atom is 0.213 e. The molecule has 0 aliphatic heterocycles. The highest BCUT2D eigenvalue weighted by Crippen LogP contribution is 2.19. The molecule has 3 N–H and O–H groups in total. The predicted octanol–water partition coefficient (Wildman–Crippen LogP) is 3.25. The number of aliphatic imine (C=N–C) groups is 1. The Morgan fingerprint density at radius 3 is 2.80 bits per heavy atom. The van der Waals surface area contributed by atoms with Gasteiger partial charge < -0.3 is 25.1 Å². The molecule has 0 fully saturated rings. The number of guanidine groups is 1. The molecule has 0 unspecified atom stereocenters. The molecule has 0 saturated carbocycles. The Bertz CT molecular complexity index is 946. The average Bonchev–Trinajstić information content (AvgIpc) is 3.13. The molecule has 0 aliphatic carbocycles. The zero-order valence-electron chi connectivity index (χ0n) is 17.1. The first-order chi connectivity index (χ1) is 14.2. The second-order valence-corrected chi connectivity index (χ2v) is 6.45. The van der Waals surface area contributed by atoms with Crippen LogP contribution in [0.4, 0.5) is 4.39 Å². The number of hydrogen-bond acceptors (Lipinski definition) is 4. The van der Waals surface area contributed by atoms with Crippen LogP contribution in [0, 0.1) is 5.82 Å². The van der Waals surface area contributed by atoms with Crippen molar-refractivity contribution in [1.82, 2.24) is 20.6 Å². The van der Waals surface area contributed by atoms with Gasteiger partial charge in [-0.25, -0.2) is 9.37 Å². The molecule has 0 atom stereocenters. The van der Waals surface area contributed by atoms with E-state index in [9.17, 15) is 4.39 Å². The largest absolute Gasteiger partial charge is 0.475 e. The topological polar surface area (TPSA) is 83.6 Å². The summed E-state index contributed by atoms with van der Waals surface area (Å²) >= 11 is 0. The van der Waals surface area contributed by atoms with Crippen LogP contribution < -0.4 is 15.4 Å². The molecule has 0 aliphatic rings. The smallest absolute Gasteiger partial charge is 0.213 e. The molecule has 0 saturated heterocycles. The van der Waals surface area contributed by atoms with E-state index in [1.807, 2.05) is 18.3 Å². The second-order valence-electron chi connectivity index (χ2n) is 6.45. The lowest BCUT2D eigenvalue weighted by Gasteiger charge is -2.12. The number of methoxy groups -OCH3 is 1. The van der Waals surface area contributed by atoms with Crippen molar-refractivity contribution in [2.75, 3.05) is 33.9 Å². The van der Waals surface area contributed by atoms with Crippen LogP contribution in [0.2, 0.25) is 0 Å². The number of fused-ring (bicyclic) bond motifs is 1. The van der Waals surface area contributed by atoms with Crippen LogP contribution in [0.15, 0.2) is 47.7 Å². The molecule has 7 nitrogen and oxygen atoms in total. The molecule has 162 valence electrons. The number of aromatic nitrogens is 2. The van der Waals surface area contributed by atoms with Gasteiger partial charge in [-0.3, -0.25) is 4.99 Å². The van der Waals surface area contributed by atoms with Crippen molar-refractivity contribution in [3.63, 3.8) is 0 Å². The number of H-pyrrole nitrogens is 1. The van der Waals surface area contributed by atoms with Crippen LogP contribution in [0.25, 0.3) is 10.9 Å². The van der Waals surface area contributed by atoms with Crippen LogP contribution in [0.3, 0.4) is 0 Å². The number of nitrogens with zero attached hydrogens (tertiary/aromatic N) is 2. The molecule has 0 radical (unpaired) electrons. The minimum Gasteiger partial charge on any atom is -0.475 e. The lowest BCUT2D eigenvalue weighted by Crippen LogP contribution is -2.37. The molecule has 3 aromatic rings. The summed E-state index contributed by atoms with van der Waals surface area (Å²) in [7, 11) is 3.36. The third-order valence-corrected chi connectivity index (χ3v) is 4.43. The number of rotatable bonds is 9. The Kier molecular flexibility index (Phi) is 9.81. The van der Waals surface area contributed by atoms with Crippen LogP contribution in [-0.2, 0) is 17.7 Å². The van der Waals surface area contributed by atoms with E-state index in [-0.39, 0.29) is 29.8 Å². The summed E-state index contributed by atoms with van der Waals surface area (Å²) in [6.45, 7) is 2.26. The van der Waals surface area contributed by atoms with Gasteiger partial charge in [-0.1, -0.05) is 6.07 Å². The number of pyridine rings is 1. The normalized spacial score (nSPS) is 11.2. The van der Waals surface area contributed by atoms with Crippen molar-refractivity contribution >= 4 is 40.8 Å². The van der Waals surface area contributed by atoms with Crippen LogP contribution >= 0.6 is 24.0 Å². The fourth-order valence-corrected chi connectivity index (χ4v) is 2.91. The van der Waals surface area contributed by atoms with Gasteiger partial charge in [-0.15, -0.1) is 24.0 Å². The van der Waals surface area contributed by atoms with Crippen molar-refractivity contribution < 1.29 is 13.9 Å². The molecule has 3 rings (SSSR count). The fraction of sp³-hybridized carbons (Fsp3) is 0.333. The van der Waals surface area contributed by atoms with Gasteiger partial charge in [-0.2, -0.15) is 0 Å². The Morgan fingerprint density at radius 1 is 1.20 bits per heavy atom. The van der Waals surface area contributed by atoms with Crippen LogP contribution in [-0.4, -0.2) is 49.8 Å². The predicted molar refractivity (Wildman–Crippen MR) is 127 cm³/mol. The molecule has 30 heavy (non-hydrogen) atoms. The molecule has 2 heterocycles. The monoisotopic (exact) mass is 527 g/mol. The minimum absolute atomic E-state index is 0. The van der Waals surface area contributed by atoms with Gasteiger partial charge in [-0.05, 0) is 35.7 Å². The highest BCUT2D eigenvalue weighted by atomic mass is 127. The Labute approximate surface area is 192 Å². The van der Waals surface area contributed by atoms with E-state index >= 15 is 0 Å². The van der Waals surface area contributed by atoms with E-state index < -0.39 is 0 Å². The van der Waals surface area contributed by atoms with E-state index in [2.05, 4.69) is 25.6 Å². The third-order valence-electron chi connectivity index (χ3n) is 4.43. The summed E-state index contributed by atoms with van der Waals surface area (Å²) in [6, 6.07) is 8.56. The standard InChI is InChI=1S/C21H26FN5O2.HI/c1-23-21(27-13-15-3-6-20(26-12-15)29-10-9-28-2)24-8-7-16-14-25-19-5-4-17(22)11-18(16)19;/h3-6,11-12,14,25H,7-10,13H2,1-2H3,(H2,23,24,27);1H. The van der Waals surface area contributed by atoms with E-state index in [1.54, 1.807) is 32.5 Å². The minimum atomic E-state index is -0.229. The molecule has 2 aromatic heterocycles. The molecular formula is C21H27FIN5O2. The summed E-state index contributed by atoms with van der Waals surface area (Å²) in [5.41, 5.74) is 3.01. The quantitative estimate of drug-likeness (QED) is 0.172. The molecule has 1 aromatic carbocycles. The zero-order chi connectivity index (χ0) is 20.5. The third kappa shape index (κ3) is 6.84. The van der Waals surface area contributed by atoms with Crippen molar-refractivity contribution in [3.8, 4) is 5.88 Å². The number of benzene rings is 1. The van der Waals surface area contributed by atoms with E-state index in [0.29, 0.717) is 38.1 Å². The molecule has 0 bridgehead atoms. The summed E-state index contributed by atoms with van der Waals surface area (Å²) in [6.07, 6.45) is 4.44. The lowest BCUT2D eigenvalue weighted by atomic mass is 10.1. The van der Waals surface area contributed by atoms with Gasteiger partial charge in [0.25, 0.3) is 0 Å². The molecule has 9 heteroatoms. The number of aromatic amines is 1. The van der Waals surface area contributed by atoms with E-state index in [4.69, 9.17) is 9.47 Å². The first-order valence-corrected chi connectivity index (χ1v) is 9.46. The van der Waals surface area contributed by atoms with Gasteiger partial charge in [0.05, 0.1) is 6.61 Å². The van der Waals surface area contributed by atoms with Crippen molar-refractivity contribution in [2.45, 2.75) is 13.0 Å². The summed E-state index contributed by atoms with van der Waals surface area (Å²) in [4.78, 5) is 11.7. The molecular weight excluding hydrogens is 500 g/mol. The van der Waals surface area contributed by atoms with E-state index in [0.717, 1.165) is 28.5 Å². The van der Waals surface area contributed by atoms with Gasteiger partial charge in [0.2, 0.25) is 5.88 Å². The summed E-state index contributed by atoms with van der Waals surface area (Å²) in [5.74, 6) is 1.03. The number of nitrogens with one attached hydrogen (secondary N) is 3. The second kappa shape index (κ2) is 12.3. The number of halogens is 2.